The Labute approximate surface area is 174 Å². The summed E-state index contributed by atoms with van der Waals surface area (Å²) in [7, 11) is 0. The Balaban J connectivity index is 1.84. The van der Waals surface area contributed by atoms with Gasteiger partial charge >= 0.3 is 0 Å². The minimum absolute atomic E-state index is 0.0339. The number of carbonyl (C=O) groups is 2. The molecule has 30 heavy (non-hydrogen) atoms. The largest absolute Gasteiger partial charge is 0.391 e. The fourth-order valence-corrected chi connectivity index (χ4v) is 4.74. The maximum absolute atomic E-state index is 15.0. The molecule has 1 amide bonds. The highest BCUT2D eigenvalue weighted by Gasteiger charge is 2.36. The van der Waals surface area contributed by atoms with E-state index in [0.717, 1.165) is 12.1 Å². The molecule has 8 heteroatoms. The Morgan fingerprint density at radius 1 is 1.33 bits per heavy atom. The molecule has 2 aliphatic rings. The number of nitrogens with one attached hydrogen (secondary N) is 1. The Morgan fingerprint density at radius 3 is 2.70 bits per heavy atom. The minimum atomic E-state index is -0.885. The number of benzene rings is 1. The zero-order chi connectivity index (χ0) is 21.8. The molecule has 1 aromatic heterocycles. The number of rotatable bonds is 4. The van der Waals surface area contributed by atoms with Crippen LogP contribution in [0.2, 0.25) is 0 Å². The van der Waals surface area contributed by atoms with Crippen molar-refractivity contribution in [2.24, 2.45) is 11.1 Å². The van der Waals surface area contributed by atoms with Crippen molar-refractivity contribution in [3.63, 3.8) is 0 Å². The van der Waals surface area contributed by atoms with E-state index in [9.17, 15) is 19.1 Å². The van der Waals surface area contributed by atoms with Crippen molar-refractivity contribution in [1.82, 2.24) is 9.78 Å². The summed E-state index contributed by atoms with van der Waals surface area (Å²) < 4.78 is 16.6. The summed E-state index contributed by atoms with van der Waals surface area (Å²) in [6, 6.07) is 2.55. The molecule has 4 N–H and O–H groups in total. The first-order chi connectivity index (χ1) is 14.1. The van der Waals surface area contributed by atoms with Crippen LogP contribution in [0, 0.1) is 18.2 Å². The molecule has 0 unspecified atom stereocenters. The maximum atomic E-state index is 15.0. The Hall–Kier alpha value is -2.74. The van der Waals surface area contributed by atoms with E-state index in [-0.39, 0.29) is 28.5 Å². The van der Waals surface area contributed by atoms with Crippen LogP contribution in [0.3, 0.4) is 0 Å². The van der Waals surface area contributed by atoms with Crippen LogP contribution in [0.5, 0.6) is 0 Å². The third kappa shape index (κ3) is 3.49. The summed E-state index contributed by atoms with van der Waals surface area (Å²) in [5, 5.41) is 17.8. The standard InChI is InChI=1S/C22H27FN4O3/c1-11-19-16(9-22(2,3)10-18(19)29)27(26-11)12-7-13(23)20(21(24)30)15(8-12)25-14-5-4-6-17(14)28/h7-8,14,17,25,28H,4-6,9-10H2,1-3H3,(H2,24,30)/t14-,17+/m0/s1. The fraction of sp³-hybridized carbons (Fsp3) is 0.500. The summed E-state index contributed by atoms with van der Waals surface area (Å²) >= 11 is 0. The zero-order valence-electron chi connectivity index (χ0n) is 17.5. The van der Waals surface area contributed by atoms with Crippen LogP contribution in [0.25, 0.3) is 5.69 Å². The van der Waals surface area contributed by atoms with Crippen molar-refractivity contribution in [2.75, 3.05) is 5.32 Å². The lowest BCUT2D eigenvalue weighted by Crippen LogP contribution is -2.30. The summed E-state index contributed by atoms with van der Waals surface area (Å²) in [6.45, 7) is 5.81. The number of hydrogen-bond acceptors (Lipinski definition) is 5. The van der Waals surface area contributed by atoms with E-state index in [1.54, 1.807) is 17.7 Å². The molecule has 0 bridgehead atoms. The number of ketones is 1. The lowest BCUT2D eigenvalue weighted by molar-refractivity contribution is 0.0909. The summed E-state index contributed by atoms with van der Waals surface area (Å²) in [6.07, 6.45) is 2.69. The van der Waals surface area contributed by atoms with Gasteiger partial charge in [0.1, 0.15) is 5.82 Å². The van der Waals surface area contributed by atoms with Crippen molar-refractivity contribution in [2.45, 2.75) is 65.0 Å². The van der Waals surface area contributed by atoms with E-state index in [1.807, 2.05) is 13.8 Å². The SMILES string of the molecule is Cc1nn(-c2cc(F)c(C(N)=O)c(N[C@H]3CCC[C@H]3O)c2)c2c1C(=O)CC(C)(C)C2. The quantitative estimate of drug-likeness (QED) is 0.713. The van der Waals surface area contributed by atoms with Gasteiger partial charge in [0.15, 0.2) is 5.78 Å². The third-order valence-corrected chi connectivity index (χ3v) is 6.11. The summed E-state index contributed by atoms with van der Waals surface area (Å²) in [5.41, 5.74) is 7.53. The number of halogens is 1. The zero-order valence-corrected chi connectivity index (χ0v) is 17.5. The van der Waals surface area contributed by atoms with Crippen LogP contribution >= 0.6 is 0 Å². The second-order valence-corrected chi connectivity index (χ2v) is 9.22. The Morgan fingerprint density at radius 2 is 2.07 bits per heavy atom. The summed E-state index contributed by atoms with van der Waals surface area (Å²) in [5.74, 6) is -1.62. The first-order valence-corrected chi connectivity index (χ1v) is 10.3. The Kier molecular flexibility index (Phi) is 4.92. The van der Waals surface area contributed by atoms with Crippen molar-refractivity contribution < 1.29 is 19.1 Å². The number of nitrogens with zero attached hydrogens (tertiary/aromatic N) is 2. The van der Waals surface area contributed by atoms with Crippen LogP contribution in [0.1, 0.15) is 71.6 Å². The molecule has 7 nitrogen and oxygen atoms in total. The van der Waals surface area contributed by atoms with E-state index in [0.29, 0.717) is 42.6 Å². The average Bonchev–Trinajstić information content (AvgIpc) is 3.16. The van der Waals surface area contributed by atoms with Crippen molar-refractivity contribution in [3.8, 4) is 5.69 Å². The molecule has 2 atom stereocenters. The van der Waals surface area contributed by atoms with Gasteiger partial charge in [-0.15, -0.1) is 0 Å². The lowest BCUT2D eigenvalue weighted by atomic mass is 9.75. The van der Waals surface area contributed by atoms with Gasteiger partial charge in [0.2, 0.25) is 0 Å². The van der Waals surface area contributed by atoms with Crippen molar-refractivity contribution >= 4 is 17.4 Å². The van der Waals surface area contributed by atoms with Gasteiger partial charge < -0.3 is 16.2 Å². The topological polar surface area (TPSA) is 110 Å². The number of hydrogen-bond donors (Lipinski definition) is 3. The highest BCUT2D eigenvalue weighted by Crippen LogP contribution is 2.38. The molecule has 1 saturated carbocycles. The molecular weight excluding hydrogens is 387 g/mol. The number of fused-ring (bicyclic) bond motifs is 1. The molecule has 0 saturated heterocycles. The lowest BCUT2D eigenvalue weighted by Gasteiger charge is -2.29. The van der Waals surface area contributed by atoms with E-state index >= 15 is 0 Å². The molecule has 0 radical (unpaired) electrons. The average molecular weight is 414 g/mol. The van der Waals surface area contributed by atoms with Gasteiger partial charge in [0.25, 0.3) is 5.91 Å². The number of aliphatic hydroxyl groups is 1. The van der Waals surface area contributed by atoms with Gasteiger partial charge in [0, 0.05) is 12.5 Å². The highest BCUT2D eigenvalue weighted by molar-refractivity contribution is 6.00. The van der Waals surface area contributed by atoms with Gasteiger partial charge in [-0.1, -0.05) is 13.8 Å². The molecule has 4 rings (SSSR count). The second-order valence-electron chi connectivity index (χ2n) is 9.22. The molecule has 0 spiro atoms. The fourth-order valence-electron chi connectivity index (χ4n) is 4.74. The van der Waals surface area contributed by atoms with Crippen LogP contribution < -0.4 is 11.1 Å². The van der Waals surface area contributed by atoms with Crippen LogP contribution in [-0.2, 0) is 6.42 Å². The van der Waals surface area contributed by atoms with E-state index in [1.165, 1.54) is 6.07 Å². The number of amides is 1. The second kappa shape index (κ2) is 7.19. The number of nitrogens with two attached hydrogens (primary N) is 1. The molecule has 1 heterocycles. The molecule has 0 aliphatic heterocycles. The van der Waals surface area contributed by atoms with Crippen LogP contribution in [-0.4, -0.2) is 38.7 Å². The third-order valence-electron chi connectivity index (χ3n) is 6.11. The number of primary amides is 1. The number of carbonyl (C=O) groups excluding carboxylic acids is 2. The molecule has 1 aromatic carbocycles. The molecule has 160 valence electrons. The molecule has 2 aromatic rings. The molecule has 1 fully saturated rings. The van der Waals surface area contributed by atoms with Crippen molar-refractivity contribution in [1.29, 1.82) is 0 Å². The van der Waals surface area contributed by atoms with Crippen molar-refractivity contribution in [3.05, 3.63) is 40.5 Å². The number of aromatic nitrogens is 2. The highest BCUT2D eigenvalue weighted by atomic mass is 19.1. The van der Waals surface area contributed by atoms with E-state index in [4.69, 9.17) is 5.73 Å². The predicted molar refractivity (Wildman–Crippen MR) is 110 cm³/mol. The minimum Gasteiger partial charge on any atom is -0.391 e. The van der Waals surface area contributed by atoms with Gasteiger partial charge in [-0.2, -0.15) is 5.10 Å². The van der Waals surface area contributed by atoms with Crippen LogP contribution in [0.15, 0.2) is 12.1 Å². The molecule has 2 aliphatic carbocycles. The van der Waals surface area contributed by atoms with E-state index < -0.39 is 17.8 Å². The predicted octanol–water partition coefficient (Wildman–Crippen LogP) is 2.90. The molecular formula is C22H27FN4O3. The monoisotopic (exact) mass is 414 g/mol. The first kappa shape index (κ1) is 20.5. The number of anilines is 1. The van der Waals surface area contributed by atoms with Crippen LogP contribution in [0.4, 0.5) is 10.1 Å². The Bertz CT molecular complexity index is 1040. The van der Waals surface area contributed by atoms with Gasteiger partial charge in [-0.3, -0.25) is 9.59 Å². The van der Waals surface area contributed by atoms with Gasteiger partial charge in [0.05, 0.1) is 46.0 Å². The summed E-state index contributed by atoms with van der Waals surface area (Å²) in [4.78, 5) is 24.6. The maximum Gasteiger partial charge on any atom is 0.253 e. The number of aliphatic hydroxyl groups excluding tert-OH is 1. The van der Waals surface area contributed by atoms with Gasteiger partial charge in [-0.25, -0.2) is 9.07 Å². The number of aryl methyl sites for hydroxylation is 1. The normalized spacial score (nSPS) is 22.8. The number of Topliss-reactive ketones (excluding diaryl/α,β-unsaturated/α-hetero) is 1. The van der Waals surface area contributed by atoms with Gasteiger partial charge in [-0.05, 0) is 44.1 Å². The smallest absolute Gasteiger partial charge is 0.253 e. The van der Waals surface area contributed by atoms with E-state index in [2.05, 4.69) is 10.4 Å². The first-order valence-electron chi connectivity index (χ1n) is 10.3.